The second-order valence-corrected chi connectivity index (χ2v) is 5.43. The lowest BCUT2D eigenvalue weighted by Gasteiger charge is -2.08. The zero-order valence-electron chi connectivity index (χ0n) is 12.4. The van der Waals surface area contributed by atoms with E-state index >= 15 is 0 Å². The van der Waals surface area contributed by atoms with Gasteiger partial charge in [0.25, 0.3) is 0 Å². The van der Waals surface area contributed by atoms with Gasteiger partial charge in [0.05, 0.1) is 7.11 Å². The summed E-state index contributed by atoms with van der Waals surface area (Å²) in [6.07, 6.45) is 0.853. The van der Waals surface area contributed by atoms with Crippen molar-refractivity contribution in [3.63, 3.8) is 0 Å². The molecule has 3 heteroatoms. The van der Waals surface area contributed by atoms with E-state index in [1.54, 1.807) is 7.11 Å². The molecule has 0 amide bonds. The minimum atomic E-state index is 0.126. The molecule has 1 aromatic heterocycles. The average molecular weight is 280 g/mol. The highest BCUT2D eigenvalue weighted by atomic mass is 16.5. The number of methoxy groups -OCH3 is 1. The number of aromatic amines is 1. The summed E-state index contributed by atoms with van der Waals surface area (Å²) in [6.45, 7) is 2.04. The Bertz CT molecular complexity index is 742. The number of H-pyrrole nitrogens is 1. The first-order valence-electron chi connectivity index (χ1n) is 7.18. The number of aromatic nitrogens is 1. The van der Waals surface area contributed by atoms with Gasteiger partial charge in [-0.3, -0.25) is 0 Å². The van der Waals surface area contributed by atoms with Crippen molar-refractivity contribution in [3.05, 3.63) is 54.1 Å². The van der Waals surface area contributed by atoms with Gasteiger partial charge in [-0.15, -0.1) is 0 Å². The molecule has 3 aromatic rings. The number of rotatable bonds is 4. The predicted molar refractivity (Wildman–Crippen MR) is 87.6 cm³/mol. The van der Waals surface area contributed by atoms with E-state index in [0.29, 0.717) is 0 Å². The van der Waals surface area contributed by atoms with Crippen LogP contribution in [0.4, 0.5) is 0 Å². The molecule has 3 nitrogen and oxygen atoms in total. The highest BCUT2D eigenvalue weighted by molar-refractivity contribution is 5.90. The third kappa shape index (κ3) is 2.65. The fourth-order valence-electron chi connectivity index (χ4n) is 2.74. The van der Waals surface area contributed by atoms with Crippen LogP contribution in [0.5, 0.6) is 5.75 Å². The van der Waals surface area contributed by atoms with Gasteiger partial charge in [-0.05, 0) is 54.8 Å². The van der Waals surface area contributed by atoms with Crippen LogP contribution in [-0.2, 0) is 6.42 Å². The summed E-state index contributed by atoms with van der Waals surface area (Å²) in [5.41, 5.74) is 10.8. The Balaban J connectivity index is 2.15. The van der Waals surface area contributed by atoms with Crippen molar-refractivity contribution in [1.29, 1.82) is 0 Å². The van der Waals surface area contributed by atoms with E-state index in [0.717, 1.165) is 28.9 Å². The maximum Gasteiger partial charge on any atom is 0.118 e. The number of nitrogens with two attached hydrogens (primary N) is 1. The van der Waals surface area contributed by atoms with Crippen LogP contribution in [0.1, 0.15) is 12.5 Å². The molecule has 1 atom stereocenters. The number of hydrogen-bond donors (Lipinski definition) is 2. The van der Waals surface area contributed by atoms with Gasteiger partial charge in [0.2, 0.25) is 0 Å². The van der Waals surface area contributed by atoms with Gasteiger partial charge in [-0.25, -0.2) is 0 Å². The molecule has 2 aromatic carbocycles. The van der Waals surface area contributed by atoms with Crippen LogP contribution in [0.25, 0.3) is 22.2 Å². The van der Waals surface area contributed by atoms with Gasteiger partial charge in [0.1, 0.15) is 5.75 Å². The zero-order chi connectivity index (χ0) is 14.8. The van der Waals surface area contributed by atoms with Crippen LogP contribution < -0.4 is 10.5 Å². The van der Waals surface area contributed by atoms with Gasteiger partial charge in [0, 0.05) is 22.6 Å². The second-order valence-electron chi connectivity index (χ2n) is 5.43. The van der Waals surface area contributed by atoms with E-state index in [-0.39, 0.29) is 6.04 Å². The Morgan fingerprint density at radius 1 is 1.10 bits per heavy atom. The largest absolute Gasteiger partial charge is 0.497 e. The highest BCUT2D eigenvalue weighted by Gasteiger charge is 2.14. The first-order chi connectivity index (χ1) is 10.2. The molecule has 3 N–H and O–H groups in total. The van der Waals surface area contributed by atoms with Crippen LogP contribution in [0, 0.1) is 0 Å². The average Bonchev–Trinajstić information content (AvgIpc) is 2.86. The van der Waals surface area contributed by atoms with E-state index in [1.807, 2.05) is 25.1 Å². The van der Waals surface area contributed by atoms with Gasteiger partial charge in [-0.1, -0.05) is 18.2 Å². The summed E-state index contributed by atoms with van der Waals surface area (Å²) >= 11 is 0. The molecule has 0 radical (unpaired) electrons. The van der Waals surface area contributed by atoms with E-state index in [4.69, 9.17) is 10.5 Å². The minimum absolute atomic E-state index is 0.126. The topological polar surface area (TPSA) is 51.0 Å². The lowest BCUT2D eigenvalue weighted by atomic mass is 10.00. The third-order valence-corrected chi connectivity index (χ3v) is 3.72. The SMILES string of the molecule is COc1ccc(-c2[nH]c3ccccc3c2CC(C)N)cc1. The van der Waals surface area contributed by atoms with Crippen LogP contribution in [-0.4, -0.2) is 18.1 Å². The Morgan fingerprint density at radius 2 is 1.81 bits per heavy atom. The first-order valence-corrected chi connectivity index (χ1v) is 7.18. The fraction of sp³-hybridized carbons (Fsp3) is 0.222. The number of nitrogens with one attached hydrogen (secondary N) is 1. The number of ether oxygens (including phenoxy) is 1. The molecule has 0 aliphatic heterocycles. The summed E-state index contributed by atoms with van der Waals surface area (Å²) in [5, 5.41) is 1.25. The first kappa shape index (κ1) is 13.7. The molecule has 0 aliphatic carbocycles. The molecule has 0 saturated carbocycles. The molecule has 0 fully saturated rings. The number of fused-ring (bicyclic) bond motifs is 1. The molecule has 3 rings (SSSR count). The van der Waals surface area contributed by atoms with Crippen LogP contribution in [0.3, 0.4) is 0 Å². The smallest absolute Gasteiger partial charge is 0.118 e. The summed E-state index contributed by atoms with van der Waals surface area (Å²) < 4.78 is 5.23. The highest BCUT2D eigenvalue weighted by Crippen LogP contribution is 2.32. The minimum Gasteiger partial charge on any atom is -0.497 e. The maximum absolute atomic E-state index is 6.03. The summed E-state index contributed by atoms with van der Waals surface area (Å²) in [4.78, 5) is 3.53. The zero-order valence-corrected chi connectivity index (χ0v) is 12.4. The van der Waals surface area contributed by atoms with Crippen molar-refractivity contribution in [1.82, 2.24) is 4.98 Å². The number of para-hydroxylation sites is 1. The van der Waals surface area contributed by atoms with Gasteiger partial charge in [-0.2, -0.15) is 0 Å². The molecule has 0 aliphatic rings. The fourth-order valence-corrected chi connectivity index (χ4v) is 2.74. The Kier molecular flexibility index (Phi) is 3.67. The quantitative estimate of drug-likeness (QED) is 0.765. The van der Waals surface area contributed by atoms with Crippen molar-refractivity contribution in [3.8, 4) is 17.0 Å². The van der Waals surface area contributed by atoms with Crippen LogP contribution in [0.2, 0.25) is 0 Å². The van der Waals surface area contributed by atoms with Crippen molar-refractivity contribution in [2.75, 3.05) is 7.11 Å². The normalized spacial score (nSPS) is 12.5. The molecule has 0 bridgehead atoms. The Morgan fingerprint density at radius 3 is 2.48 bits per heavy atom. The van der Waals surface area contributed by atoms with E-state index < -0.39 is 0 Å². The van der Waals surface area contributed by atoms with E-state index in [1.165, 1.54) is 10.9 Å². The van der Waals surface area contributed by atoms with Crippen LogP contribution in [0.15, 0.2) is 48.5 Å². The number of benzene rings is 2. The monoisotopic (exact) mass is 280 g/mol. The molecule has 21 heavy (non-hydrogen) atoms. The summed E-state index contributed by atoms with van der Waals surface area (Å²) in [7, 11) is 1.68. The predicted octanol–water partition coefficient (Wildman–Crippen LogP) is 3.73. The van der Waals surface area contributed by atoms with Gasteiger partial charge < -0.3 is 15.5 Å². The Hall–Kier alpha value is -2.26. The van der Waals surface area contributed by atoms with E-state index in [9.17, 15) is 0 Å². The van der Waals surface area contributed by atoms with Crippen molar-refractivity contribution in [2.24, 2.45) is 5.73 Å². The molecule has 1 unspecified atom stereocenters. The standard InChI is InChI=1S/C18H20N2O/c1-12(19)11-16-15-5-3-4-6-17(15)20-18(16)13-7-9-14(21-2)10-8-13/h3-10,12,20H,11,19H2,1-2H3. The van der Waals surface area contributed by atoms with Crippen LogP contribution >= 0.6 is 0 Å². The third-order valence-electron chi connectivity index (χ3n) is 3.72. The van der Waals surface area contributed by atoms with E-state index in [2.05, 4.69) is 35.3 Å². The van der Waals surface area contributed by atoms with Crippen molar-refractivity contribution < 1.29 is 4.74 Å². The molecular formula is C18H20N2O. The molecule has 0 saturated heterocycles. The van der Waals surface area contributed by atoms with Gasteiger partial charge in [0.15, 0.2) is 0 Å². The Labute approximate surface area is 124 Å². The summed E-state index contributed by atoms with van der Waals surface area (Å²) in [5.74, 6) is 0.864. The summed E-state index contributed by atoms with van der Waals surface area (Å²) in [6, 6.07) is 16.6. The van der Waals surface area contributed by atoms with Crippen molar-refractivity contribution >= 4 is 10.9 Å². The van der Waals surface area contributed by atoms with Gasteiger partial charge >= 0.3 is 0 Å². The molecule has 108 valence electrons. The van der Waals surface area contributed by atoms with Crippen molar-refractivity contribution in [2.45, 2.75) is 19.4 Å². The second kappa shape index (κ2) is 5.62. The molecular weight excluding hydrogens is 260 g/mol. The lowest BCUT2D eigenvalue weighted by Crippen LogP contribution is -2.18. The lowest BCUT2D eigenvalue weighted by molar-refractivity contribution is 0.415. The molecule has 1 heterocycles. The number of hydrogen-bond acceptors (Lipinski definition) is 2. The maximum atomic E-state index is 6.03. The molecule has 0 spiro atoms.